The molecular weight excluding hydrogens is 376 g/mol. The molecule has 0 N–H and O–H groups in total. The van der Waals surface area contributed by atoms with Crippen molar-refractivity contribution in [3.8, 4) is 6.07 Å². The molecule has 5 nitrogen and oxygen atoms in total. The van der Waals surface area contributed by atoms with Gasteiger partial charge in [0.25, 0.3) is 5.91 Å². The van der Waals surface area contributed by atoms with Gasteiger partial charge >= 0.3 is 0 Å². The van der Waals surface area contributed by atoms with Crippen molar-refractivity contribution >= 4 is 50.1 Å². The van der Waals surface area contributed by atoms with E-state index in [1.54, 1.807) is 30.5 Å². The molecule has 0 bridgehead atoms. The fourth-order valence-electron chi connectivity index (χ4n) is 2.43. The highest BCUT2D eigenvalue weighted by Gasteiger charge is 2.21. The Morgan fingerprint density at radius 2 is 1.93 bits per heavy atom. The average molecular weight is 388 g/mol. The SMILES string of the molecule is N#Cc1ccc(C(=O)N(/N=C/c2cccs2)c2nc3ccccc3s2)cc1. The zero-order valence-corrected chi connectivity index (χ0v) is 15.6. The Hall–Kier alpha value is -3.34. The van der Waals surface area contributed by atoms with E-state index in [1.807, 2.05) is 41.8 Å². The lowest BCUT2D eigenvalue weighted by Crippen LogP contribution is -2.25. The van der Waals surface area contributed by atoms with Crippen molar-refractivity contribution in [1.82, 2.24) is 4.98 Å². The molecule has 0 spiro atoms. The van der Waals surface area contributed by atoms with Gasteiger partial charge in [-0.3, -0.25) is 4.79 Å². The first-order valence-corrected chi connectivity index (χ1v) is 9.72. The normalized spacial score (nSPS) is 10.9. The lowest BCUT2D eigenvalue weighted by molar-refractivity contribution is 0.0988. The summed E-state index contributed by atoms with van der Waals surface area (Å²) in [6.07, 6.45) is 1.65. The van der Waals surface area contributed by atoms with Crippen LogP contribution in [-0.4, -0.2) is 17.1 Å². The molecule has 0 saturated carbocycles. The van der Waals surface area contributed by atoms with Crippen molar-refractivity contribution in [2.75, 3.05) is 5.01 Å². The molecule has 0 atom stereocenters. The number of hydrazone groups is 1. The second-order valence-electron chi connectivity index (χ2n) is 5.53. The summed E-state index contributed by atoms with van der Waals surface area (Å²) < 4.78 is 0.983. The fraction of sp³-hybridized carbons (Fsp3) is 0. The largest absolute Gasteiger partial charge is 0.280 e. The Kier molecular flexibility index (Phi) is 4.75. The highest BCUT2D eigenvalue weighted by molar-refractivity contribution is 7.22. The molecular formula is C20H12N4OS2. The molecule has 0 unspecified atom stereocenters. The lowest BCUT2D eigenvalue weighted by atomic mass is 10.1. The summed E-state index contributed by atoms with van der Waals surface area (Å²) in [6, 6.07) is 20.1. The van der Waals surface area contributed by atoms with Gasteiger partial charge < -0.3 is 0 Å². The van der Waals surface area contributed by atoms with Crippen LogP contribution in [0.3, 0.4) is 0 Å². The van der Waals surface area contributed by atoms with E-state index in [1.165, 1.54) is 27.7 Å². The summed E-state index contributed by atoms with van der Waals surface area (Å²) in [4.78, 5) is 18.6. The Morgan fingerprint density at radius 1 is 1.11 bits per heavy atom. The molecule has 0 aliphatic carbocycles. The molecule has 7 heteroatoms. The number of anilines is 1. The highest BCUT2D eigenvalue weighted by atomic mass is 32.1. The minimum Gasteiger partial charge on any atom is -0.267 e. The zero-order valence-electron chi connectivity index (χ0n) is 13.9. The Bertz CT molecular complexity index is 1120. The van der Waals surface area contributed by atoms with E-state index in [9.17, 15) is 4.79 Å². The molecule has 0 radical (unpaired) electrons. The number of para-hydroxylation sites is 1. The van der Waals surface area contributed by atoms with Gasteiger partial charge in [0.1, 0.15) is 0 Å². The first-order chi connectivity index (χ1) is 13.2. The fourth-order valence-corrected chi connectivity index (χ4v) is 3.93. The number of thiophene rings is 1. The predicted molar refractivity (Wildman–Crippen MR) is 109 cm³/mol. The number of amides is 1. The van der Waals surface area contributed by atoms with Gasteiger partial charge in [-0.1, -0.05) is 29.5 Å². The van der Waals surface area contributed by atoms with Crippen molar-refractivity contribution in [3.63, 3.8) is 0 Å². The maximum atomic E-state index is 13.1. The van der Waals surface area contributed by atoms with E-state index >= 15 is 0 Å². The molecule has 2 aromatic heterocycles. The van der Waals surface area contributed by atoms with Crippen molar-refractivity contribution in [2.45, 2.75) is 0 Å². The third-order valence-corrected chi connectivity index (χ3v) is 5.58. The zero-order chi connectivity index (χ0) is 18.6. The van der Waals surface area contributed by atoms with Crippen LogP contribution in [0.5, 0.6) is 0 Å². The number of fused-ring (bicyclic) bond motifs is 1. The summed E-state index contributed by atoms with van der Waals surface area (Å²) in [7, 11) is 0. The summed E-state index contributed by atoms with van der Waals surface area (Å²) >= 11 is 2.94. The van der Waals surface area contributed by atoms with Crippen LogP contribution in [0.4, 0.5) is 5.13 Å². The minimum atomic E-state index is -0.300. The van der Waals surface area contributed by atoms with Crippen LogP contribution in [0.25, 0.3) is 10.2 Å². The first-order valence-electron chi connectivity index (χ1n) is 8.02. The standard InChI is InChI=1S/C20H12N4OS2/c21-12-14-7-9-15(10-8-14)19(25)24(22-13-16-4-3-11-26-16)20-23-17-5-1-2-6-18(17)27-20/h1-11,13H/b22-13+. The molecule has 0 saturated heterocycles. The van der Waals surface area contributed by atoms with Crippen LogP contribution in [0, 0.1) is 11.3 Å². The number of benzene rings is 2. The predicted octanol–water partition coefficient (Wildman–Crippen LogP) is 4.91. The van der Waals surface area contributed by atoms with Crippen LogP contribution in [0.15, 0.2) is 71.1 Å². The molecule has 130 valence electrons. The van der Waals surface area contributed by atoms with Crippen LogP contribution in [-0.2, 0) is 0 Å². The van der Waals surface area contributed by atoms with Crippen LogP contribution in [0.2, 0.25) is 0 Å². The maximum Gasteiger partial charge on any atom is 0.280 e. The number of hydrogen-bond acceptors (Lipinski definition) is 6. The summed E-state index contributed by atoms with van der Waals surface area (Å²) in [5.41, 5.74) is 1.76. The van der Waals surface area contributed by atoms with Gasteiger partial charge in [0.05, 0.1) is 28.1 Å². The highest BCUT2D eigenvalue weighted by Crippen LogP contribution is 2.30. The van der Waals surface area contributed by atoms with E-state index in [0.717, 1.165) is 15.1 Å². The number of carbonyl (C=O) groups excluding carboxylic acids is 1. The van der Waals surface area contributed by atoms with Crippen LogP contribution < -0.4 is 5.01 Å². The molecule has 0 aliphatic heterocycles. The topological polar surface area (TPSA) is 69.3 Å². The molecule has 1 amide bonds. The summed E-state index contributed by atoms with van der Waals surface area (Å²) in [5.74, 6) is -0.300. The second kappa shape index (κ2) is 7.50. The number of hydrogen-bond donors (Lipinski definition) is 0. The van der Waals surface area contributed by atoms with Gasteiger partial charge in [0.2, 0.25) is 5.13 Å². The summed E-state index contributed by atoms with van der Waals surface area (Å²) in [6.45, 7) is 0. The molecule has 4 rings (SSSR count). The van der Waals surface area contributed by atoms with Crippen molar-refractivity contribution in [2.24, 2.45) is 5.10 Å². The quantitative estimate of drug-likeness (QED) is 0.368. The third kappa shape index (κ3) is 3.62. The van der Waals surface area contributed by atoms with Crippen LogP contribution >= 0.6 is 22.7 Å². The van der Waals surface area contributed by atoms with E-state index in [2.05, 4.69) is 16.2 Å². The Balaban J connectivity index is 1.74. The number of aromatic nitrogens is 1. The van der Waals surface area contributed by atoms with Crippen LogP contribution in [0.1, 0.15) is 20.8 Å². The number of carbonyl (C=O) groups is 1. The summed E-state index contributed by atoms with van der Waals surface area (Å²) in [5, 5.41) is 17.1. The number of nitrogens with zero attached hydrogens (tertiary/aromatic N) is 4. The number of rotatable bonds is 4. The van der Waals surface area contributed by atoms with Gasteiger partial charge in [0, 0.05) is 10.4 Å². The molecule has 2 heterocycles. The van der Waals surface area contributed by atoms with Crippen molar-refractivity contribution < 1.29 is 4.79 Å². The minimum absolute atomic E-state index is 0.300. The van der Waals surface area contributed by atoms with Gasteiger partial charge in [-0.25, -0.2) is 4.98 Å². The smallest absolute Gasteiger partial charge is 0.267 e. The van der Waals surface area contributed by atoms with E-state index in [-0.39, 0.29) is 5.91 Å². The Morgan fingerprint density at radius 3 is 2.63 bits per heavy atom. The first kappa shape index (κ1) is 17.1. The molecule has 0 aliphatic rings. The maximum absolute atomic E-state index is 13.1. The third-order valence-electron chi connectivity index (χ3n) is 3.76. The second-order valence-corrected chi connectivity index (χ2v) is 7.52. The van der Waals surface area contributed by atoms with E-state index in [4.69, 9.17) is 5.26 Å². The molecule has 27 heavy (non-hydrogen) atoms. The van der Waals surface area contributed by atoms with Crippen molar-refractivity contribution in [3.05, 3.63) is 82.0 Å². The molecule has 0 fully saturated rings. The van der Waals surface area contributed by atoms with E-state index in [0.29, 0.717) is 16.3 Å². The Labute approximate surface area is 163 Å². The van der Waals surface area contributed by atoms with Gasteiger partial charge in [-0.05, 0) is 47.8 Å². The molecule has 2 aromatic carbocycles. The van der Waals surface area contributed by atoms with Gasteiger partial charge in [-0.2, -0.15) is 15.4 Å². The van der Waals surface area contributed by atoms with Gasteiger partial charge in [-0.15, -0.1) is 11.3 Å². The molecule has 4 aromatic rings. The van der Waals surface area contributed by atoms with Gasteiger partial charge in [0.15, 0.2) is 0 Å². The lowest BCUT2D eigenvalue weighted by Gasteiger charge is -2.13. The van der Waals surface area contributed by atoms with Crippen molar-refractivity contribution in [1.29, 1.82) is 5.26 Å². The van der Waals surface area contributed by atoms with E-state index < -0.39 is 0 Å². The number of nitriles is 1. The monoisotopic (exact) mass is 388 g/mol. The number of thiazole rings is 1. The average Bonchev–Trinajstić information content (AvgIpc) is 3.37.